The molecule has 3 rings (SSSR count). The summed E-state index contributed by atoms with van der Waals surface area (Å²) in [5.41, 5.74) is 3.51. The molecule has 0 saturated carbocycles. The fourth-order valence-corrected chi connectivity index (χ4v) is 2.80. The van der Waals surface area contributed by atoms with E-state index in [1.165, 1.54) is 18.1 Å². The van der Waals surface area contributed by atoms with Gasteiger partial charge in [0.25, 0.3) is 5.91 Å². The first kappa shape index (κ1) is 17.5. The van der Waals surface area contributed by atoms with E-state index in [4.69, 9.17) is 0 Å². The zero-order valence-corrected chi connectivity index (χ0v) is 14.7. The lowest BCUT2D eigenvalue weighted by Crippen LogP contribution is -2.39. The summed E-state index contributed by atoms with van der Waals surface area (Å²) < 4.78 is 1.82. The number of hydrogen-bond donors (Lipinski definition) is 1. The van der Waals surface area contributed by atoms with E-state index in [0.29, 0.717) is 11.3 Å². The number of nitrogens with one attached hydrogen (secondary N) is 1. The Kier molecular flexibility index (Phi) is 5.54. The lowest BCUT2D eigenvalue weighted by Gasteiger charge is -2.07. The zero-order chi connectivity index (χ0) is 18.4. The van der Waals surface area contributed by atoms with E-state index in [1.807, 2.05) is 47.3 Å². The van der Waals surface area contributed by atoms with Crippen LogP contribution < -0.4 is 9.88 Å². The van der Waals surface area contributed by atoms with Gasteiger partial charge in [-0.1, -0.05) is 42.5 Å². The molecular formula is C22H21N2O2+. The number of benzene rings is 2. The Labute approximate surface area is 153 Å². The predicted molar refractivity (Wildman–Crippen MR) is 101 cm³/mol. The number of nitrogens with zero attached hydrogens (tertiary/aromatic N) is 1. The van der Waals surface area contributed by atoms with Crippen LogP contribution in [0.15, 0.2) is 79.1 Å². The molecule has 0 aliphatic rings. The van der Waals surface area contributed by atoms with E-state index >= 15 is 0 Å². The van der Waals surface area contributed by atoms with Gasteiger partial charge in [-0.2, -0.15) is 4.57 Å². The molecule has 130 valence electrons. The number of para-hydroxylation sites is 1. The maximum absolute atomic E-state index is 12.3. The van der Waals surface area contributed by atoms with Crippen molar-refractivity contribution in [3.05, 3.63) is 95.8 Å². The molecule has 1 N–H and O–H groups in total. The third-order valence-electron chi connectivity index (χ3n) is 4.12. The van der Waals surface area contributed by atoms with Crippen molar-refractivity contribution < 1.29 is 14.2 Å². The molecular weight excluding hydrogens is 324 g/mol. The van der Waals surface area contributed by atoms with Gasteiger partial charge in [0.15, 0.2) is 18.2 Å². The average Bonchev–Trinajstić information content (AvgIpc) is 2.64. The van der Waals surface area contributed by atoms with Crippen molar-refractivity contribution in [3.8, 4) is 0 Å². The second-order valence-electron chi connectivity index (χ2n) is 6.19. The van der Waals surface area contributed by atoms with Crippen molar-refractivity contribution >= 4 is 17.4 Å². The molecule has 0 saturated heterocycles. The summed E-state index contributed by atoms with van der Waals surface area (Å²) in [4.78, 5) is 23.9. The molecule has 1 heterocycles. The second-order valence-corrected chi connectivity index (χ2v) is 6.19. The third kappa shape index (κ3) is 4.63. The maximum atomic E-state index is 12.3. The number of Topliss-reactive ketones (excluding diaryl/α,β-unsaturated/α-hetero) is 1. The number of ketones is 1. The van der Waals surface area contributed by atoms with E-state index in [-0.39, 0.29) is 18.2 Å². The summed E-state index contributed by atoms with van der Waals surface area (Å²) >= 11 is 0. The van der Waals surface area contributed by atoms with E-state index in [9.17, 15) is 9.59 Å². The van der Waals surface area contributed by atoms with Gasteiger partial charge in [0.2, 0.25) is 6.54 Å². The minimum atomic E-state index is -0.167. The largest absolute Gasteiger partial charge is 0.320 e. The van der Waals surface area contributed by atoms with Crippen molar-refractivity contribution in [1.29, 1.82) is 0 Å². The Morgan fingerprint density at radius 3 is 2.15 bits per heavy atom. The highest BCUT2D eigenvalue weighted by atomic mass is 16.2. The predicted octanol–water partition coefficient (Wildman–Crippen LogP) is 3.41. The van der Waals surface area contributed by atoms with Crippen molar-refractivity contribution in [2.45, 2.75) is 19.9 Å². The summed E-state index contributed by atoms with van der Waals surface area (Å²) in [6, 6.07) is 21.3. The number of hydrogen-bond acceptors (Lipinski definition) is 2. The van der Waals surface area contributed by atoms with Gasteiger partial charge in [0.1, 0.15) is 0 Å². The highest BCUT2D eigenvalue weighted by Crippen LogP contribution is 2.15. The number of carbonyl (C=O) groups is 2. The molecule has 0 aliphatic carbocycles. The lowest BCUT2D eigenvalue weighted by molar-refractivity contribution is -0.684. The first-order valence-electron chi connectivity index (χ1n) is 8.53. The molecule has 3 aromatic rings. The van der Waals surface area contributed by atoms with Gasteiger partial charge in [-0.05, 0) is 36.6 Å². The SMILES string of the molecule is CC(=O)c1ccccc1NC(=O)C[n+]1ccc(Cc2ccccc2)cc1. The molecule has 2 aromatic carbocycles. The Morgan fingerprint density at radius 2 is 1.46 bits per heavy atom. The van der Waals surface area contributed by atoms with Crippen LogP contribution in [0.5, 0.6) is 0 Å². The Balaban J connectivity index is 1.62. The molecule has 0 atom stereocenters. The van der Waals surface area contributed by atoms with Gasteiger partial charge in [-0.15, -0.1) is 0 Å². The maximum Gasteiger partial charge on any atom is 0.290 e. The normalized spacial score (nSPS) is 10.3. The number of pyridine rings is 1. The highest BCUT2D eigenvalue weighted by Gasteiger charge is 2.13. The van der Waals surface area contributed by atoms with Gasteiger partial charge in [-0.3, -0.25) is 9.59 Å². The van der Waals surface area contributed by atoms with Crippen molar-refractivity contribution in [2.24, 2.45) is 0 Å². The molecule has 1 aromatic heterocycles. The Morgan fingerprint density at radius 1 is 0.846 bits per heavy atom. The summed E-state index contributed by atoms with van der Waals surface area (Å²) in [5, 5.41) is 2.81. The van der Waals surface area contributed by atoms with Crippen LogP contribution in [0.25, 0.3) is 0 Å². The Hall–Kier alpha value is -3.27. The van der Waals surface area contributed by atoms with Gasteiger partial charge in [-0.25, -0.2) is 0 Å². The lowest BCUT2D eigenvalue weighted by atomic mass is 10.1. The molecule has 0 unspecified atom stereocenters. The topological polar surface area (TPSA) is 50.1 Å². The molecule has 4 heteroatoms. The van der Waals surface area contributed by atoms with Crippen molar-refractivity contribution in [2.75, 3.05) is 5.32 Å². The van der Waals surface area contributed by atoms with E-state index in [0.717, 1.165) is 6.42 Å². The summed E-state index contributed by atoms with van der Waals surface area (Å²) in [6.45, 7) is 1.68. The summed E-state index contributed by atoms with van der Waals surface area (Å²) in [6.07, 6.45) is 4.66. The first-order chi connectivity index (χ1) is 12.6. The molecule has 0 aliphatic heterocycles. The summed E-state index contributed by atoms with van der Waals surface area (Å²) in [7, 11) is 0. The van der Waals surface area contributed by atoms with Crippen LogP contribution in [-0.4, -0.2) is 11.7 Å². The molecule has 26 heavy (non-hydrogen) atoms. The minimum absolute atomic E-state index is 0.0705. The van der Waals surface area contributed by atoms with E-state index in [2.05, 4.69) is 17.4 Å². The van der Waals surface area contributed by atoms with Gasteiger partial charge < -0.3 is 5.32 Å². The second kappa shape index (κ2) is 8.21. The third-order valence-corrected chi connectivity index (χ3v) is 4.12. The smallest absolute Gasteiger partial charge is 0.290 e. The van der Waals surface area contributed by atoms with E-state index in [1.54, 1.807) is 24.3 Å². The van der Waals surface area contributed by atoms with Crippen LogP contribution in [0, 0.1) is 0 Å². The number of carbonyl (C=O) groups excluding carboxylic acids is 2. The zero-order valence-electron chi connectivity index (χ0n) is 14.7. The fourth-order valence-electron chi connectivity index (χ4n) is 2.80. The molecule has 0 fully saturated rings. The average molecular weight is 345 g/mol. The number of amides is 1. The van der Waals surface area contributed by atoms with Gasteiger partial charge >= 0.3 is 0 Å². The van der Waals surface area contributed by atoms with Gasteiger partial charge in [0, 0.05) is 17.7 Å². The molecule has 0 radical (unpaired) electrons. The standard InChI is InChI=1S/C22H20N2O2/c1-17(25)20-9-5-6-10-21(20)23-22(26)16-24-13-11-19(12-14-24)15-18-7-3-2-4-8-18/h2-14H,15-16H2,1H3/p+1. The highest BCUT2D eigenvalue weighted by molar-refractivity contribution is 6.03. The molecule has 4 nitrogen and oxygen atoms in total. The van der Waals surface area contributed by atoms with Crippen LogP contribution in [0.3, 0.4) is 0 Å². The summed E-state index contributed by atoms with van der Waals surface area (Å²) in [5.74, 6) is -0.238. The van der Waals surface area contributed by atoms with Gasteiger partial charge in [0.05, 0.1) is 5.69 Å². The van der Waals surface area contributed by atoms with Crippen LogP contribution in [-0.2, 0) is 17.8 Å². The number of aromatic nitrogens is 1. The molecule has 1 amide bonds. The first-order valence-corrected chi connectivity index (χ1v) is 8.53. The van der Waals surface area contributed by atoms with Crippen LogP contribution in [0.4, 0.5) is 5.69 Å². The van der Waals surface area contributed by atoms with E-state index < -0.39 is 0 Å². The van der Waals surface area contributed by atoms with Crippen molar-refractivity contribution in [3.63, 3.8) is 0 Å². The van der Waals surface area contributed by atoms with Crippen molar-refractivity contribution in [1.82, 2.24) is 0 Å². The van der Waals surface area contributed by atoms with Crippen LogP contribution in [0.1, 0.15) is 28.4 Å². The fraction of sp³-hybridized carbons (Fsp3) is 0.136. The quantitative estimate of drug-likeness (QED) is 0.550. The molecule has 0 bridgehead atoms. The van der Waals surface area contributed by atoms with Crippen LogP contribution in [0.2, 0.25) is 0 Å². The Bertz CT molecular complexity index is 903. The number of rotatable bonds is 6. The van der Waals surface area contributed by atoms with Crippen LogP contribution >= 0.6 is 0 Å². The number of anilines is 1. The monoisotopic (exact) mass is 345 g/mol. The minimum Gasteiger partial charge on any atom is -0.320 e. The molecule has 0 spiro atoms.